The number of nitrogens with zero attached hydrogens (tertiary/aromatic N) is 1. The number of carboxylic acid groups (broad SMARTS) is 1. The molecular formula is C19H19BrFNO3S. The second-order valence-electron chi connectivity index (χ2n) is 6.03. The van der Waals surface area contributed by atoms with Crippen molar-refractivity contribution in [1.29, 1.82) is 0 Å². The van der Waals surface area contributed by atoms with Crippen LogP contribution in [-0.2, 0) is 4.79 Å². The molecule has 4 nitrogen and oxygen atoms in total. The Bertz CT molecular complexity index is 789. The number of aliphatic carboxylic acids is 1. The summed E-state index contributed by atoms with van der Waals surface area (Å²) in [4.78, 5) is 14.9. The van der Waals surface area contributed by atoms with Crippen molar-refractivity contribution in [3.63, 3.8) is 0 Å². The minimum Gasteiger partial charge on any atom is -0.491 e. The molecule has 0 bridgehead atoms. The molecule has 1 saturated heterocycles. The molecule has 1 unspecified atom stereocenters. The summed E-state index contributed by atoms with van der Waals surface area (Å²) in [6.45, 7) is 1.75. The molecule has 0 aromatic heterocycles. The monoisotopic (exact) mass is 439 g/mol. The van der Waals surface area contributed by atoms with E-state index in [4.69, 9.17) is 4.74 Å². The van der Waals surface area contributed by atoms with Crippen molar-refractivity contribution in [2.45, 2.75) is 28.7 Å². The Labute approximate surface area is 164 Å². The molecule has 1 N–H and O–H groups in total. The molecular weight excluding hydrogens is 421 g/mol. The first-order valence-corrected chi connectivity index (χ1v) is 9.96. The number of hydrogen-bond donors (Lipinski definition) is 1. The fourth-order valence-electron chi connectivity index (χ4n) is 2.98. The second-order valence-corrected chi connectivity index (χ2v) is 8.06. The largest absolute Gasteiger partial charge is 0.491 e. The minimum atomic E-state index is -0.770. The van der Waals surface area contributed by atoms with Gasteiger partial charge in [0.05, 0.1) is 4.90 Å². The number of rotatable bonds is 7. The van der Waals surface area contributed by atoms with Crippen LogP contribution in [0.15, 0.2) is 56.7 Å². The van der Waals surface area contributed by atoms with Crippen molar-refractivity contribution in [1.82, 2.24) is 4.90 Å². The first-order chi connectivity index (χ1) is 12.5. The Morgan fingerprint density at radius 2 is 2.19 bits per heavy atom. The third-order valence-corrected chi connectivity index (χ3v) is 5.74. The summed E-state index contributed by atoms with van der Waals surface area (Å²) in [5, 5.41) is 9.24. The van der Waals surface area contributed by atoms with Crippen LogP contribution in [0.25, 0.3) is 0 Å². The van der Waals surface area contributed by atoms with Gasteiger partial charge in [0.15, 0.2) is 0 Å². The van der Waals surface area contributed by atoms with Gasteiger partial charge in [0.25, 0.3) is 0 Å². The highest BCUT2D eigenvalue weighted by atomic mass is 79.9. The maximum Gasteiger partial charge on any atom is 0.320 e. The lowest BCUT2D eigenvalue weighted by atomic mass is 10.2. The van der Waals surface area contributed by atoms with Crippen LogP contribution in [0, 0.1) is 5.82 Å². The van der Waals surface area contributed by atoms with Crippen LogP contribution >= 0.6 is 27.7 Å². The number of carbonyl (C=O) groups is 1. The van der Waals surface area contributed by atoms with Gasteiger partial charge < -0.3 is 9.84 Å². The SMILES string of the molecule is O=C(O)C1CCCN1CCOc1ccc(Br)cc1Sc1cccc(F)c1. The van der Waals surface area contributed by atoms with Gasteiger partial charge in [-0.15, -0.1) is 0 Å². The first kappa shape index (κ1) is 19.2. The molecule has 26 heavy (non-hydrogen) atoms. The molecule has 0 saturated carbocycles. The summed E-state index contributed by atoms with van der Waals surface area (Å²) < 4.78 is 20.2. The second kappa shape index (κ2) is 8.88. The number of ether oxygens (including phenoxy) is 1. The summed E-state index contributed by atoms with van der Waals surface area (Å²) >= 11 is 4.88. The molecule has 0 aliphatic carbocycles. The highest BCUT2D eigenvalue weighted by Gasteiger charge is 2.29. The van der Waals surface area contributed by atoms with Crippen LogP contribution in [0.4, 0.5) is 4.39 Å². The van der Waals surface area contributed by atoms with Gasteiger partial charge in [0.1, 0.15) is 24.2 Å². The van der Waals surface area contributed by atoms with Crippen molar-refractivity contribution in [2.24, 2.45) is 0 Å². The molecule has 3 rings (SSSR count). The zero-order chi connectivity index (χ0) is 18.5. The zero-order valence-electron chi connectivity index (χ0n) is 14.0. The zero-order valence-corrected chi connectivity index (χ0v) is 16.4. The number of carboxylic acids is 1. The van der Waals surface area contributed by atoms with E-state index in [1.54, 1.807) is 6.07 Å². The van der Waals surface area contributed by atoms with Gasteiger partial charge in [-0.25, -0.2) is 4.39 Å². The van der Waals surface area contributed by atoms with Gasteiger partial charge in [0.2, 0.25) is 0 Å². The fraction of sp³-hybridized carbons (Fsp3) is 0.316. The fourth-order valence-corrected chi connectivity index (χ4v) is 4.48. The van der Waals surface area contributed by atoms with Crippen LogP contribution in [-0.4, -0.2) is 41.7 Å². The molecule has 7 heteroatoms. The lowest BCUT2D eigenvalue weighted by molar-refractivity contribution is -0.142. The summed E-state index contributed by atoms with van der Waals surface area (Å²) in [7, 11) is 0. The Hall–Kier alpha value is -1.57. The van der Waals surface area contributed by atoms with Gasteiger partial charge in [-0.05, 0) is 55.8 Å². The lowest BCUT2D eigenvalue weighted by Gasteiger charge is -2.21. The Kier molecular flexibility index (Phi) is 6.56. The molecule has 138 valence electrons. The van der Waals surface area contributed by atoms with E-state index in [2.05, 4.69) is 15.9 Å². The van der Waals surface area contributed by atoms with Gasteiger partial charge in [0, 0.05) is 15.9 Å². The average Bonchev–Trinajstić information content (AvgIpc) is 3.06. The van der Waals surface area contributed by atoms with E-state index in [0.717, 1.165) is 27.2 Å². The van der Waals surface area contributed by atoms with Gasteiger partial charge in [-0.3, -0.25) is 9.69 Å². The Morgan fingerprint density at radius 1 is 1.35 bits per heavy atom. The summed E-state index contributed by atoms with van der Waals surface area (Å²) in [6.07, 6.45) is 1.59. The summed E-state index contributed by atoms with van der Waals surface area (Å²) in [5.41, 5.74) is 0. The molecule has 0 spiro atoms. The minimum absolute atomic E-state index is 0.277. The summed E-state index contributed by atoms with van der Waals surface area (Å²) in [5.74, 6) is -0.344. The van der Waals surface area contributed by atoms with E-state index in [0.29, 0.717) is 25.3 Å². The van der Waals surface area contributed by atoms with Gasteiger partial charge in [-0.2, -0.15) is 0 Å². The van der Waals surface area contributed by atoms with E-state index in [9.17, 15) is 14.3 Å². The van der Waals surface area contributed by atoms with Crippen molar-refractivity contribution in [3.8, 4) is 5.75 Å². The van der Waals surface area contributed by atoms with Crippen molar-refractivity contribution < 1.29 is 19.0 Å². The van der Waals surface area contributed by atoms with E-state index in [1.165, 1.54) is 23.9 Å². The number of hydrogen-bond acceptors (Lipinski definition) is 4. The van der Waals surface area contributed by atoms with Crippen LogP contribution in [0.1, 0.15) is 12.8 Å². The van der Waals surface area contributed by atoms with Crippen LogP contribution in [0.5, 0.6) is 5.75 Å². The molecule has 1 fully saturated rings. The highest BCUT2D eigenvalue weighted by Crippen LogP contribution is 2.37. The van der Waals surface area contributed by atoms with Crippen LogP contribution < -0.4 is 4.74 Å². The predicted molar refractivity (Wildman–Crippen MR) is 102 cm³/mol. The first-order valence-electron chi connectivity index (χ1n) is 8.35. The molecule has 1 aliphatic rings. The summed E-state index contributed by atoms with van der Waals surface area (Å²) in [6, 6.07) is 11.7. The van der Waals surface area contributed by atoms with Crippen LogP contribution in [0.2, 0.25) is 0 Å². The molecule has 2 aromatic carbocycles. The van der Waals surface area contributed by atoms with E-state index < -0.39 is 12.0 Å². The number of likely N-dealkylation sites (tertiary alicyclic amines) is 1. The molecule has 1 atom stereocenters. The Morgan fingerprint density at radius 3 is 2.96 bits per heavy atom. The van der Waals surface area contributed by atoms with Crippen LogP contribution in [0.3, 0.4) is 0 Å². The molecule has 0 amide bonds. The van der Waals surface area contributed by atoms with E-state index >= 15 is 0 Å². The lowest BCUT2D eigenvalue weighted by Crippen LogP contribution is -2.38. The third-order valence-electron chi connectivity index (χ3n) is 4.21. The van der Waals surface area contributed by atoms with Crippen molar-refractivity contribution >= 4 is 33.7 Å². The average molecular weight is 440 g/mol. The van der Waals surface area contributed by atoms with E-state index in [1.807, 2.05) is 29.2 Å². The van der Waals surface area contributed by atoms with Crippen molar-refractivity contribution in [2.75, 3.05) is 19.7 Å². The molecule has 2 aromatic rings. The topological polar surface area (TPSA) is 49.8 Å². The van der Waals surface area contributed by atoms with Gasteiger partial charge >= 0.3 is 5.97 Å². The molecule has 1 heterocycles. The third kappa shape index (κ3) is 4.99. The quantitative estimate of drug-likeness (QED) is 0.679. The maximum atomic E-state index is 13.4. The highest BCUT2D eigenvalue weighted by molar-refractivity contribution is 9.10. The maximum absolute atomic E-state index is 13.4. The standard InChI is InChI=1S/C19H19BrFNO3S/c20-13-6-7-17(18(11-13)26-15-4-1-3-14(21)12-15)25-10-9-22-8-2-5-16(22)19(23)24/h1,3-4,6-7,11-12,16H,2,5,8-10H2,(H,23,24). The number of benzene rings is 2. The normalized spacial score (nSPS) is 17.4. The van der Waals surface area contributed by atoms with E-state index in [-0.39, 0.29) is 5.82 Å². The smallest absolute Gasteiger partial charge is 0.320 e. The van der Waals surface area contributed by atoms with Crippen molar-refractivity contribution in [3.05, 3.63) is 52.8 Å². The Balaban J connectivity index is 1.65. The molecule has 0 radical (unpaired) electrons. The molecule has 1 aliphatic heterocycles. The predicted octanol–water partition coefficient (Wildman–Crippen LogP) is 4.67. The van der Waals surface area contributed by atoms with Gasteiger partial charge in [-0.1, -0.05) is 33.8 Å². The number of halogens is 2.